The zero-order valence-corrected chi connectivity index (χ0v) is 13.8. The number of carbonyl (C=O) groups excluding carboxylic acids is 2. The molecular formula is C18H18ClFN2O2. The molecule has 0 radical (unpaired) electrons. The molecule has 0 aromatic heterocycles. The molecule has 0 aliphatic carbocycles. The van der Waals surface area contributed by atoms with E-state index in [-0.39, 0.29) is 30.6 Å². The van der Waals surface area contributed by atoms with Crippen molar-refractivity contribution in [1.82, 2.24) is 10.6 Å². The molecule has 0 saturated heterocycles. The number of hydrogen-bond acceptors (Lipinski definition) is 2. The van der Waals surface area contributed by atoms with Gasteiger partial charge >= 0.3 is 0 Å². The molecule has 0 aliphatic rings. The Bertz CT molecular complexity index is 687. The lowest BCUT2D eigenvalue weighted by Gasteiger charge is -2.07. The van der Waals surface area contributed by atoms with Crippen molar-refractivity contribution in [3.63, 3.8) is 0 Å². The average Bonchev–Trinajstić information content (AvgIpc) is 2.57. The fourth-order valence-electron chi connectivity index (χ4n) is 2.08. The molecule has 0 spiro atoms. The van der Waals surface area contributed by atoms with Gasteiger partial charge < -0.3 is 10.6 Å². The van der Waals surface area contributed by atoms with Gasteiger partial charge in [-0.25, -0.2) is 4.39 Å². The molecule has 2 aromatic rings. The zero-order valence-electron chi connectivity index (χ0n) is 13.0. The Labute approximate surface area is 145 Å². The number of amides is 2. The molecule has 0 unspecified atom stereocenters. The van der Waals surface area contributed by atoms with Gasteiger partial charge in [0, 0.05) is 30.1 Å². The summed E-state index contributed by atoms with van der Waals surface area (Å²) in [6.07, 6.45) is 0.825. The predicted molar refractivity (Wildman–Crippen MR) is 91.5 cm³/mol. The Morgan fingerprint density at radius 2 is 1.58 bits per heavy atom. The van der Waals surface area contributed by atoms with Crippen LogP contribution in [0.1, 0.15) is 22.3 Å². The van der Waals surface area contributed by atoms with Crippen molar-refractivity contribution in [1.29, 1.82) is 0 Å². The van der Waals surface area contributed by atoms with Crippen LogP contribution in [0.15, 0.2) is 48.5 Å². The molecule has 2 N–H and O–H groups in total. The molecule has 0 aliphatic heterocycles. The van der Waals surface area contributed by atoms with Gasteiger partial charge in [-0.05, 0) is 48.4 Å². The Hall–Kier alpha value is -2.40. The van der Waals surface area contributed by atoms with Gasteiger partial charge in [0.2, 0.25) is 5.91 Å². The predicted octanol–water partition coefficient (Wildman–Crippen LogP) is 2.96. The van der Waals surface area contributed by atoms with Crippen LogP contribution in [0.5, 0.6) is 0 Å². The van der Waals surface area contributed by atoms with E-state index in [0.29, 0.717) is 23.6 Å². The smallest absolute Gasteiger partial charge is 0.251 e. The summed E-state index contributed by atoms with van der Waals surface area (Å²) in [7, 11) is 0. The van der Waals surface area contributed by atoms with Crippen molar-refractivity contribution in [2.75, 3.05) is 13.1 Å². The van der Waals surface area contributed by atoms with Gasteiger partial charge in [0.05, 0.1) is 0 Å². The van der Waals surface area contributed by atoms with Gasteiger partial charge in [-0.15, -0.1) is 0 Å². The minimum absolute atomic E-state index is 0.145. The van der Waals surface area contributed by atoms with Crippen molar-refractivity contribution in [2.45, 2.75) is 12.8 Å². The maximum Gasteiger partial charge on any atom is 0.251 e. The second kappa shape index (κ2) is 9.03. The van der Waals surface area contributed by atoms with E-state index < -0.39 is 0 Å². The number of carbonyl (C=O) groups is 2. The minimum atomic E-state index is -0.279. The van der Waals surface area contributed by atoms with E-state index in [9.17, 15) is 14.0 Å². The summed E-state index contributed by atoms with van der Waals surface area (Å²) >= 11 is 5.76. The van der Waals surface area contributed by atoms with E-state index in [1.165, 1.54) is 12.1 Å². The third-order valence-corrected chi connectivity index (χ3v) is 3.65. The summed E-state index contributed by atoms with van der Waals surface area (Å²) in [6.45, 7) is 0.722. The Morgan fingerprint density at radius 3 is 2.25 bits per heavy atom. The van der Waals surface area contributed by atoms with E-state index in [2.05, 4.69) is 10.6 Å². The molecule has 2 amide bonds. The molecule has 2 aromatic carbocycles. The molecule has 0 bridgehead atoms. The Balaban J connectivity index is 1.63. The summed E-state index contributed by atoms with van der Waals surface area (Å²) in [4.78, 5) is 23.6. The van der Waals surface area contributed by atoms with Gasteiger partial charge in [0.25, 0.3) is 5.91 Å². The highest BCUT2D eigenvalue weighted by atomic mass is 35.5. The van der Waals surface area contributed by atoms with Gasteiger partial charge in [0.15, 0.2) is 0 Å². The number of hydrogen-bond donors (Lipinski definition) is 2. The standard InChI is InChI=1S/C18H18ClFN2O2/c19-15-5-3-14(4-6-15)18(24)22-12-10-17(23)21-11-9-13-1-7-16(20)8-2-13/h1-8H,9-12H2,(H,21,23)(H,22,24). The monoisotopic (exact) mass is 348 g/mol. The van der Waals surface area contributed by atoms with Crippen LogP contribution in [0.4, 0.5) is 4.39 Å². The first-order valence-electron chi connectivity index (χ1n) is 7.59. The third-order valence-electron chi connectivity index (χ3n) is 3.39. The van der Waals surface area contributed by atoms with Crippen molar-refractivity contribution < 1.29 is 14.0 Å². The Kier molecular flexibility index (Phi) is 6.75. The van der Waals surface area contributed by atoms with Gasteiger partial charge in [-0.2, -0.15) is 0 Å². The maximum absolute atomic E-state index is 12.8. The van der Waals surface area contributed by atoms with Crippen LogP contribution in [0.2, 0.25) is 5.02 Å². The normalized spacial score (nSPS) is 10.2. The van der Waals surface area contributed by atoms with Crippen molar-refractivity contribution >= 4 is 23.4 Å². The first-order valence-corrected chi connectivity index (χ1v) is 7.97. The second-order valence-electron chi connectivity index (χ2n) is 5.24. The highest BCUT2D eigenvalue weighted by Crippen LogP contribution is 2.09. The van der Waals surface area contributed by atoms with E-state index >= 15 is 0 Å². The summed E-state index contributed by atoms with van der Waals surface area (Å²) in [5.74, 6) is -0.668. The number of nitrogens with one attached hydrogen (secondary N) is 2. The number of benzene rings is 2. The van der Waals surface area contributed by atoms with Gasteiger partial charge in [-0.3, -0.25) is 9.59 Å². The number of rotatable bonds is 7. The maximum atomic E-state index is 12.8. The van der Waals surface area contributed by atoms with Crippen LogP contribution in [0, 0.1) is 5.82 Å². The van der Waals surface area contributed by atoms with E-state index in [4.69, 9.17) is 11.6 Å². The summed E-state index contributed by atoms with van der Waals surface area (Å²) in [5.41, 5.74) is 1.45. The van der Waals surface area contributed by atoms with Crippen molar-refractivity contribution in [3.8, 4) is 0 Å². The molecule has 0 fully saturated rings. The van der Waals surface area contributed by atoms with Crippen LogP contribution >= 0.6 is 11.6 Å². The molecule has 6 heteroatoms. The fraction of sp³-hybridized carbons (Fsp3) is 0.222. The molecule has 24 heavy (non-hydrogen) atoms. The van der Waals surface area contributed by atoms with Crippen LogP contribution in [0.25, 0.3) is 0 Å². The summed E-state index contributed by atoms with van der Waals surface area (Å²) in [6, 6.07) is 12.7. The first-order chi connectivity index (χ1) is 11.5. The minimum Gasteiger partial charge on any atom is -0.356 e. The first kappa shape index (κ1) is 17.9. The highest BCUT2D eigenvalue weighted by Gasteiger charge is 2.06. The lowest BCUT2D eigenvalue weighted by Crippen LogP contribution is -2.31. The summed E-state index contributed by atoms with van der Waals surface area (Å²) in [5, 5.41) is 6.01. The van der Waals surface area contributed by atoms with Crippen LogP contribution in [-0.2, 0) is 11.2 Å². The fourth-order valence-corrected chi connectivity index (χ4v) is 2.20. The highest BCUT2D eigenvalue weighted by molar-refractivity contribution is 6.30. The van der Waals surface area contributed by atoms with Crippen LogP contribution in [-0.4, -0.2) is 24.9 Å². The van der Waals surface area contributed by atoms with Crippen LogP contribution < -0.4 is 10.6 Å². The molecule has 2 rings (SSSR count). The van der Waals surface area contributed by atoms with Gasteiger partial charge in [0.1, 0.15) is 5.82 Å². The molecule has 4 nitrogen and oxygen atoms in total. The molecular weight excluding hydrogens is 331 g/mol. The van der Waals surface area contributed by atoms with Gasteiger partial charge in [-0.1, -0.05) is 23.7 Å². The molecule has 0 heterocycles. The van der Waals surface area contributed by atoms with E-state index in [1.807, 2.05) is 0 Å². The lowest BCUT2D eigenvalue weighted by molar-refractivity contribution is -0.120. The second-order valence-corrected chi connectivity index (χ2v) is 5.68. The quantitative estimate of drug-likeness (QED) is 0.808. The van der Waals surface area contributed by atoms with Crippen LogP contribution in [0.3, 0.4) is 0 Å². The average molecular weight is 349 g/mol. The SMILES string of the molecule is O=C(CCNC(=O)c1ccc(Cl)cc1)NCCc1ccc(F)cc1. The third kappa shape index (κ3) is 6.01. The largest absolute Gasteiger partial charge is 0.356 e. The summed E-state index contributed by atoms with van der Waals surface area (Å²) < 4.78 is 12.8. The molecule has 126 valence electrons. The van der Waals surface area contributed by atoms with Crippen molar-refractivity contribution in [3.05, 3.63) is 70.5 Å². The molecule has 0 atom stereocenters. The Morgan fingerprint density at radius 1 is 0.917 bits per heavy atom. The van der Waals surface area contributed by atoms with Crippen molar-refractivity contribution in [2.24, 2.45) is 0 Å². The molecule has 0 saturated carbocycles. The topological polar surface area (TPSA) is 58.2 Å². The van der Waals surface area contributed by atoms with E-state index in [1.54, 1.807) is 36.4 Å². The van der Waals surface area contributed by atoms with E-state index in [0.717, 1.165) is 5.56 Å². The number of halogens is 2. The lowest BCUT2D eigenvalue weighted by atomic mass is 10.1. The zero-order chi connectivity index (χ0) is 17.4.